The summed E-state index contributed by atoms with van der Waals surface area (Å²) in [6.07, 6.45) is 0.923. The van der Waals surface area contributed by atoms with Crippen LogP contribution in [0.5, 0.6) is 0 Å². The summed E-state index contributed by atoms with van der Waals surface area (Å²) in [6.45, 7) is 0. The third-order valence-electron chi connectivity index (χ3n) is 2.47. The maximum Gasteiger partial charge on any atom is 0.466 e. The molecule has 0 aliphatic rings. The molecule has 0 saturated carbocycles. The number of phosphoric acid groups is 1. The predicted octanol–water partition coefficient (Wildman–Crippen LogP) is 3.21. The fourth-order valence-electron chi connectivity index (χ4n) is 1.74. The van der Waals surface area contributed by atoms with Gasteiger partial charge in [-0.05, 0) is 23.1 Å². The number of alkyl halides is 1. The molecule has 0 heterocycles. The highest BCUT2D eigenvalue weighted by molar-refractivity contribution is 7.45. The highest BCUT2D eigenvalue weighted by Gasteiger charge is 2.02. The maximum absolute atomic E-state index is 8.88. The minimum Gasteiger partial charge on any atom is -0.303 e. The van der Waals surface area contributed by atoms with Crippen molar-refractivity contribution in [2.24, 2.45) is 0 Å². The van der Waals surface area contributed by atoms with Gasteiger partial charge in [0.2, 0.25) is 0 Å². The molecule has 0 saturated heterocycles. The molecule has 0 aliphatic carbocycles. The Morgan fingerprint density at radius 1 is 0.900 bits per heavy atom. The Bertz CT molecular complexity index is 560. The number of hydrogen-bond donors (Lipinski definition) is 3. The molecule has 20 heavy (non-hydrogen) atoms. The molecule has 0 radical (unpaired) electrons. The van der Waals surface area contributed by atoms with Crippen molar-refractivity contribution in [2.45, 2.75) is 6.42 Å². The van der Waals surface area contributed by atoms with E-state index in [-0.39, 0.29) is 0 Å². The summed E-state index contributed by atoms with van der Waals surface area (Å²) in [7, 11) is -4.64. The first-order valence-corrected chi connectivity index (χ1v) is 7.99. The second-order valence-corrected chi connectivity index (χ2v) is 5.38. The van der Waals surface area contributed by atoms with Crippen molar-refractivity contribution >= 4 is 19.4 Å². The van der Waals surface area contributed by atoms with Crippen molar-refractivity contribution in [3.05, 3.63) is 60.2 Å². The van der Waals surface area contributed by atoms with Crippen LogP contribution in [0.3, 0.4) is 0 Å². The first-order chi connectivity index (χ1) is 9.42. The topological polar surface area (TPSA) is 77.8 Å². The third-order valence-corrected chi connectivity index (χ3v) is 2.65. The van der Waals surface area contributed by atoms with E-state index >= 15 is 0 Å². The fraction of sp³-hybridized carbons (Fsp3) is 0.143. The zero-order chi connectivity index (χ0) is 15.0. The Kier molecular flexibility index (Phi) is 6.93. The Labute approximate surface area is 122 Å². The minimum absolute atomic E-state index is 0.670. The zero-order valence-electron chi connectivity index (χ0n) is 10.7. The van der Waals surface area contributed by atoms with Gasteiger partial charge >= 0.3 is 7.82 Å². The Hall–Kier alpha value is -1.16. The largest absolute Gasteiger partial charge is 0.466 e. The van der Waals surface area contributed by atoms with Crippen LogP contribution in [0.1, 0.15) is 5.56 Å². The monoisotopic (exact) mass is 314 g/mol. The van der Waals surface area contributed by atoms with Gasteiger partial charge in [-0.3, -0.25) is 0 Å². The second-order valence-electron chi connectivity index (χ2n) is 3.98. The third kappa shape index (κ3) is 6.85. The van der Waals surface area contributed by atoms with Crippen LogP contribution < -0.4 is 0 Å². The van der Waals surface area contributed by atoms with Crippen LogP contribution in [-0.2, 0) is 11.0 Å². The van der Waals surface area contributed by atoms with Gasteiger partial charge in [-0.15, -0.1) is 11.6 Å². The van der Waals surface area contributed by atoms with Crippen LogP contribution in [0.2, 0.25) is 0 Å². The molecule has 6 heteroatoms. The molecule has 0 aliphatic heterocycles. The van der Waals surface area contributed by atoms with Crippen LogP contribution in [0.15, 0.2) is 54.6 Å². The van der Waals surface area contributed by atoms with Crippen LogP contribution in [0, 0.1) is 0 Å². The molecule has 4 nitrogen and oxygen atoms in total. The van der Waals surface area contributed by atoms with Crippen molar-refractivity contribution in [3.63, 3.8) is 0 Å². The van der Waals surface area contributed by atoms with Crippen LogP contribution >= 0.6 is 19.4 Å². The number of hydrogen-bond acceptors (Lipinski definition) is 1. The van der Waals surface area contributed by atoms with Crippen molar-refractivity contribution in [1.82, 2.24) is 0 Å². The van der Waals surface area contributed by atoms with E-state index in [1.54, 1.807) is 0 Å². The molecular weight excluding hydrogens is 299 g/mol. The highest BCUT2D eigenvalue weighted by atomic mass is 35.5. The summed E-state index contributed by atoms with van der Waals surface area (Å²) < 4.78 is 8.88. The van der Waals surface area contributed by atoms with E-state index in [1.165, 1.54) is 16.7 Å². The molecule has 0 spiro atoms. The molecule has 2 rings (SSSR count). The molecule has 2 aromatic rings. The quantitative estimate of drug-likeness (QED) is 0.600. The molecule has 0 atom stereocenters. The molecular formula is C14H16ClO4P. The summed E-state index contributed by atoms with van der Waals surface area (Å²) in [6, 6.07) is 18.9. The number of benzene rings is 2. The lowest BCUT2D eigenvalue weighted by atomic mass is 9.98. The molecule has 0 bridgehead atoms. The standard InChI is InChI=1S/C14H13Cl.H3O4P/c15-11-10-13-8-4-5-9-14(13)12-6-2-1-3-7-12;1-5(2,3)4/h1-9H,10-11H2;(H3,1,2,3,4). The van der Waals surface area contributed by atoms with E-state index in [0.717, 1.165) is 6.42 Å². The normalized spacial score (nSPS) is 10.6. The van der Waals surface area contributed by atoms with Gasteiger partial charge in [0, 0.05) is 5.88 Å². The van der Waals surface area contributed by atoms with E-state index in [0.29, 0.717) is 5.88 Å². The van der Waals surface area contributed by atoms with Gasteiger partial charge in [-0.2, -0.15) is 0 Å². The molecule has 3 N–H and O–H groups in total. The van der Waals surface area contributed by atoms with E-state index < -0.39 is 7.82 Å². The smallest absolute Gasteiger partial charge is 0.303 e. The van der Waals surface area contributed by atoms with Crippen molar-refractivity contribution < 1.29 is 19.2 Å². The van der Waals surface area contributed by atoms with E-state index in [4.69, 9.17) is 30.8 Å². The lowest BCUT2D eigenvalue weighted by Crippen LogP contribution is -1.90. The molecule has 0 unspecified atom stereocenters. The Balaban J connectivity index is 0.000000347. The van der Waals surface area contributed by atoms with Gasteiger partial charge in [0.1, 0.15) is 0 Å². The van der Waals surface area contributed by atoms with Crippen molar-refractivity contribution in [1.29, 1.82) is 0 Å². The zero-order valence-corrected chi connectivity index (χ0v) is 12.3. The highest BCUT2D eigenvalue weighted by Crippen LogP contribution is 2.26. The van der Waals surface area contributed by atoms with Crippen molar-refractivity contribution in [3.8, 4) is 11.1 Å². The van der Waals surface area contributed by atoms with Crippen LogP contribution in [0.25, 0.3) is 11.1 Å². The Morgan fingerprint density at radius 3 is 1.95 bits per heavy atom. The first-order valence-electron chi connectivity index (χ1n) is 5.89. The summed E-state index contributed by atoms with van der Waals surface area (Å²) in [5, 5.41) is 0. The van der Waals surface area contributed by atoms with E-state index in [2.05, 4.69) is 48.5 Å². The van der Waals surface area contributed by atoms with Crippen LogP contribution in [0.4, 0.5) is 0 Å². The first kappa shape index (κ1) is 16.9. The van der Waals surface area contributed by atoms with Gasteiger partial charge in [0.25, 0.3) is 0 Å². The molecule has 2 aromatic carbocycles. The van der Waals surface area contributed by atoms with Gasteiger partial charge in [-0.25, -0.2) is 4.57 Å². The second kappa shape index (κ2) is 8.20. The van der Waals surface area contributed by atoms with Crippen molar-refractivity contribution in [2.75, 3.05) is 5.88 Å². The summed E-state index contributed by atoms with van der Waals surface area (Å²) >= 11 is 5.80. The summed E-state index contributed by atoms with van der Waals surface area (Å²) in [5.41, 5.74) is 3.87. The lowest BCUT2D eigenvalue weighted by Gasteiger charge is -2.07. The molecule has 0 aromatic heterocycles. The number of aryl methyl sites for hydroxylation is 1. The molecule has 0 fully saturated rings. The minimum atomic E-state index is -4.64. The van der Waals surface area contributed by atoms with Gasteiger partial charge < -0.3 is 14.7 Å². The Morgan fingerprint density at radius 2 is 1.40 bits per heavy atom. The average Bonchev–Trinajstić information content (AvgIpc) is 2.39. The number of rotatable bonds is 3. The maximum atomic E-state index is 8.88. The number of halogens is 1. The molecule has 108 valence electrons. The average molecular weight is 315 g/mol. The lowest BCUT2D eigenvalue weighted by molar-refractivity contribution is 0.275. The SMILES string of the molecule is ClCCc1ccccc1-c1ccccc1.O=P(O)(O)O. The van der Waals surface area contributed by atoms with Gasteiger partial charge in [0.15, 0.2) is 0 Å². The van der Waals surface area contributed by atoms with E-state index in [1.807, 2.05) is 6.07 Å². The summed E-state index contributed by atoms with van der Waals surface area (Å²) in [5.74, 6) is 0.670. The van der Waals surface area contributed by atoms with Gasteiger partial charge in [-0.1, -0.05) is 54.6 Å². The van der Waals surface area contributed by atoms with E-state index in [9.17, 15) is 0 Å². The summed E-state index contributed by atoms with van der Waals surface area (Å²) in [4.78, 5) is 21.6. The van der Waals surface area contributed by atoms with Gasteiger partial charge in [0.05, 0.1) is 0 Å². The predicted molar refractivity (Wildman–Crippen MR) is 80.6 cm³/mol. The molecule has 0 amide bonds. The van der Waals surface area contributed by atoms with Crippen LogP contribution in [-0.4, -0.2) is 20.6 Å². The fourth-order valence-corrected chi connectivity index (χ4v) is 1.94.